The first kappa shape index (κ1) is 7.62. The van der Waals surface area contributed by atoms with Crippen LogP contribution in [0, 0.1) is 5.82 Å². The molecule has 0 aliphatic heterocycles. The molecule has 6 heteroatoms. The molecule has 0 aromatic carbocycles. The van der Waals surface area contributed by atoms with Crippen molar-refractivity contribution in [2.24, 2.45) is 0 Å². The van der Waals surface area contributed by atoms with E-state index in [1.165, 1.54) is 0 Å². The molecule has 0 spiro atoms. The molecular formula is C4H2F2O2S2. The van der Waals surface area contributed by atoms with Crippen molar-refractivity contribution in [2.75, 3.05) is 0 Å². The topological polar surface area (TPSA) is 34.1 Å². The Balaban J connectivity index is 3.32. The Morgan fingerprint density at radius 2 is 2.00 bits per heavy atom. The summed E-state index contributed by atoms with van der Waals surface area (Å²) in [6, 6.07) is 0. The van der Waals surface area contributed by atoms with Gasteiger partial charge in [-0.1, -0.05) is 0 Å². The van der Waals surface area contributed by atoms with Gasteiger partial charge < -0.3 is 0 Å². The molecule has 0 unspecified atom stereocenters. The summed E-state index contributed by atoms with van der Waals surface area (Å²) in [5.74, 6) is -1.03. The molecule has 0 saturated carbocycles. The van der Waals surface area contributed by atoms with E-state index in [2.05, 4.69) is 0 Å². The summed E-state index contributed by atoms with van der Waals surface area (Å²) in [4.78, 5) is -0.877. The van der Waals surface area contributed by atoms with Crippen molar-refractivity contribution < 1.29 is 16.7 Å². The first-order valence-electron chi connectivity index (χ1n) is 2.18. The van der Waals surface area contributed by atoms with E-state index in [9.17, 15) is 16.7 Å². The van der Waals surface area contributed by atoms with Crippen LogP contribution < -0.4 is 0 Å². The normalized spacial score (nSPS) is 11.8. The van der Waals surface area contributed by atoms with Crippen LogP contribution in [0.2, 0.25) is 0 Å². The van der Waals surface area contributed by atoms with E-state index in [4.69, 9.17) is 0 Å². The summed E-state index contributed by atoms with van der Waals surface area (Å²) < 4.78 is 44.2. The van der Waals surface area contributed by atoms with Crippen molar-refractivity contribution in [3.05, 3.63) is 16.6 Å². The zero-order valence-electron chi connectivity index (χ0n) is 4.54. The van der Waals surface area contributed by atoms with Gasteiger partial charge in [0, 0.05) is 10.8 Å². The number of halogens is 2. The molecule has 56 valence electrons. The van der Waals surface area contributed by atoms with Gasteiger partial charge in [-0.15, -0.1) is 15.2 Å². The van der Waals surface area contributed by atoms with Gasteiger partial charge in [-0.3, -0.25) is 0 Å². The van der Waals surface area contributed by atoms with Crippen LogP contribution in [-0.2, 0) is 10.2 Å². The molecule has 0 radical (unpaired) electrons. The van der Waals surface area contributed by atoms with E-state index in [0.29, 0.717) is 0 Å². The zero-order valence-corrected chi connectivity index (χ0v) is 6.18. The average Bonchev–Trinajstić information content (AvgIpc) is 2.11. The van der Waals surface area contributed by atoms with Crippen LogP contribution in [0.3, 0.4) is 0 Å². The van der Waals surface area contributed by atoms with Gasteiger partial charge >= 0.3 is 10.2 Å². The molecule has 1 heterocycles. The van der Waals surface area contributed by atoms with Crippen molar-refractivity contribution in [3.63, 3.8) is 0 Å². The van der Waals surface area contributed by atoms with E-state index in [0.717, 1.165) is 22.1 Å². The van der Waals surface area contributed by atoms with Gasteiger partial charge in [0.15, 0.2) is 5.82 Å². The Bertz CT molecular complexity index is 327. The van der Waals surface area contributed by atoms with Gasteiger partial charge in [0.25, 0.3) is 0 Å². The van der Waals surface area contributed by atoms with Gasteiger partial charge in [-0.25, -0.2) is 4.39 Å². The molecule has 0 bridgehead atoms. The molecule has 0 aliphatic carbocycles. The molecule has 0 aliphatic rings. The van der Waals surface area contributed by atoms with E-state index >= 15 is 0 Å². The molecule has 0 N–H and O–H groups in total. The van der Waals surface area contributed by atoms with Crippen LogP contribution in [0.15, 0.2) is 15.7 Å². The van der Waals surface area contributed by atoms with Crippen LogP contribution in [0.25, 0.3) is 0 Å². The SMILES string of the molecule is O=S(=O)(F)c1cscc1F. The number of thiophene rings is 1. The molecule has 10 heavy (non-hydrogen) atoms. The van der Waals surface area contributed by atoms with Crippen LogP contribution in [0.4, 0.5) is 8.28 Å². The van der Waals surface area contributed by atoms with Gasteiger partial charge in [0.2, 0.25) is 0 Å². The van der Waals surface area contributed by atoms with E-state index in [1.807, 2.05) is 0 Å². The molecule has 1 aromatic heterocycles. The Morgan fingerprint density at radius 3 is 2.20 bits per heavy atom. The minimum Gasteiger partial charge on any atom is -0.205 e. The molecule has 0 saturated heterocycles. The zero-order chi connectivity index (χ0) is 7.78. The fraction of sp³-hybridized carbons (Fsp3) is 0. The second kappa shape index (κ2) is 2.28. The van der Waals surface area contributed by atoms with E-state index < -0.39 is 20.9 Å². The Labute approximate surface area is 60.3 Å². The third-order valence-electron chi connectivity index (χ3n) is 0.845. The molecule has 0 fully saturated rings. The largest absolute Gasteiger partial charge is 0.335 e. The fourth-order valence-electron chi connectivity index (χ4n) is 0.444. The van der Waals surface area contributed by atoms with Gasteiger partial charge in [0.1, 0.15) is 4.90 Å². The van der Waals surface area contributed by atoms with Crippen molar-refractivity contribution in [1.82, 2.24) is 0 Å². The molecule has 1 aromatic rings. The molecule has 0 amide bonds. The highest BCUT2D eigenvalue weighted by Crippen LogP contribution is 2.20. The third-order valence-corrected chi connectivity index (χ3v) is 2.55. The maximum atomic E-state index is 12.2. The lowest BCUT2D eigenvalue weighted by atomic mass is 10.6. The van der Waals surface area contributed by atoms with Gasteiger partial charge in [0.05, 0.1) is 0 Å². The minimum absolute atomic E-state index is 0.799. The summed E-state index contributed by atoms with van der Waals surface area (Å²) in [7, 11) is -4.85. The Hall–Kier alpha value is -0.490. The number of hydrogen-bond donors (Lipinski definition) is 0. The lowest BCUT2D eigenvalue weighted by Crippen LogP contribution is -1.91. The van der Waals surface area contributed by atoms with Crippen LogP contribution in [0.1, 0.15) is 0 Å². The quantitative estimate of drug-likeness (QED) is 0.620. The van der Waals surface area contributed by atoms with Crippen molar-refractivity contribution in [2.45, 2.75) is 4.90 Å². The average molecular weight is 184 g/mol. The predicted molar refractivity (Wildman–Crippen MR) is 32.6 cm³/mol. The minimum atomic E-state index is -4.85. The maximum absolute atomic E-state index is 12.2. The monoisotopic (exact) mass is 184 g/mol. The van der Waals surface area contributed by atoms with Gasteiger partial charge in [-0.05, 0) is 0 Å². The van der Waals surface area contributed by atoms with Crippen LogP contribution in [-0.4, -0.2) is 8.42 Å². The lowest BCUT2D eigenvalue weighted by Gasteiger charge is -1.85. The van der Waals surface area contributed by atoms with Crippen molar-refractivity contribution in [1.29, 1.82) is 0 Å². The first-order valence-corrected chi connectivity index (χ1v) is 4.51. The van der Waals surface area contributed by atoms with Crippen molar-refractivity contribution >= 4 is 21.6 Å². The summed E-state index contributed by atoms with van der Waals surface area (Å²) in [6.45, 7) is 0. The van der Waals surface area contributed by atoms with Gasteiger partial charge in [-0.2, -0.15) is 8.42 Å². The third kappa shape index (κ3) is 1.32. The smallest absolute Gasteiger partial charge is 0.205 e. The summed E-state index contributed by atoms with van der Waals surface area (Å²) in [6.07, 6.45) is 0. The van der Waals surface area contributed by atoms with Crippen LogP contribution >= 0.6 is 11.3 Å². The lowest BCUT2D eigenvalue weighted by molar-refractivity contribution is 0.536. The molecule has 0 atom stereocenters. The highest BCUT2D eigenvalue weighted by Gasteiger charge is 2.17. The first-order chi connectivity index (χ1) is 4.52. The second-order valence-electron chi connectivity index (χ2n) is 1.52. The Morgan fingerprint density at radius 1 is 1.40 bits per heavy atom. The Kier molecular flexibility index (Phi) is 1.74. The van der Waals surface area contributed by atoms with Crippen molar-refractivity contribution in [3.8, 4) is 0 Å². The summed E-state index contributed by atoms with van der Waals surface area (Å²) in [5, 5.41) is 1.83. The van der Waals surface area contributed by atoms with E-state index in [-0.39, 0.29) is 0 Å². The predicted octanol–water partition coefficient (Wildman–Crippen LogP) is 1.55. The van der Waals surface area contributed by atoms with Crippen LogP contribution in [0.5, 0.6) is 0 Å². The highest BCUT2D eigenvalue weighted by atomic mass is 32.3. The maximum Gasteiger partial charge on any atom is 0.335 e. The number of hydrogen-bond acceptors (Lipinski definition) is 3. The molecule has 2 nitrogen and oxygen atoms in total. The second-order valence-corrected chi connectivity index (χ2v) is 3.58. The van der Waals surface area contributed by atoms with E-state index in [1.54, 1.807) is 0 Å². The molecule has 1 rings (SSSR count). The number of rotatable bonds is 1. The standard InChI is InChI=1S/C4H2F2O2S2/c5-3-1-9-2-4(3)10(6,7)8/h1-2H. The summed E-state index contributed by atoms with van der Waals surface area (Å²) >= 11 is 0.799. The summed E-state index contributed by atoms with van der Waals surface area (Å²) in [5.41, 5.74) is 0. The molecular weight excluding hydrogens is 182 g/mol. The fourth-order valence-corrected chi connectivity index (χ4v) is 1.99. The highest BCUT2D eigenvalue weighted by molar-refractivity contribution is 7.86.